The summed E-state index contributed by atoms with van der Waals surface area (Å²) in [6.07, 6.45) is 4.74. The summed E-state index contributed by atoms with van der Waals surface area (Å²) in [6, 6.07) is 0. The van der Waals surface area contributed by atoms with Crippen molar-refractivity contribution in [2.24, 2.45) is 10.7 Å². The maximum Gasteiger partial charge on any atom is 0.128 e. The zero-order valence-corrected chi connectivity index (χ0v) is 6.36. The lowest BCUT2D eigenvalue weighted by atomic mass is 10.3. The summed E-state index contributed by atoms with van der Waals surface area (Å²) in [5.41, 5.74) is 6.35. The van der Waals surface area contributed by atoms with Gasteiger partial charge in [0.1, 0.15) is 12.2 Å². The van der Waals surface area contributed by atoms with Crippen molar-refractivity contribution in [3.63, 3.8) is 0 Å². The van der Waals surface area contributed by atoms with E-state index >= 15 is 0 Å². The summed E-state index contributed by atoms with van der Waals surface area (Å²) < 4.78 is 0. The van der Waals surface area contributed by atoms with E-state index in [1.54, 1.807) is 12.4 Å². The van der Waals surface area contributed by atoms with Gasteiger partial charge in [-0.1, -0.05) is 0 Å². The molecule has 0 spiro atoms. The second kappa shape index (κ2) is 3.65. The Morgan fingerprint density at radius 3 is 2.73 bits per heavy atom. The van der Waals surface area contributed by atoms with Crippen LogP contribution in [0.2, 0.25) is 0 Å². The number of amidine groups is 1. The van der Waals surface area contributed by atoms with Gasteiger partial charge in [0.05, 0.1) is 5.56 Å². The molecular formula is C7H10N4. The van der Waals surface area contributed by atoms with Crippen molar-refractivity contribution in [1.82, 2.24) is 9.97 Å². The highest BCUT2D eigenvalue weighted by Gasteiger charge is 1.94. The smallest absolute Gasteiger partial charge is 0.128 e. The van der Waals surface area contributed by atoms with E-state index in [0.29, 0.717) is 12.4 Å². The van der Waals surface area contributed by atoms with E-state index in [4.69, 9.17) is 5.73 Å². The molecule has 0 saturated heterocycles. The maximum absolute atomic E-state index is 5.58. The minimum absolute atomic E-state index is 0.494. The fraction of sp³-hybridized carbons (Fsp3) is 0.286. The first-order chi connectivity index (χ1) is 5.34. The van der Waals surface area contributed by atoms with Crippen molar-refractivity contribution in [2.75, 3.05) is 6.54 Å². The normalized spacial score (nSPS) is 11.5. The van der Waals surface area contributed by atoms with Crippen LogP contribution in [-0.4, -0.2) is 22.3 Å². The van der Waals surface area contributed by atoms with Gasteiger partial charge in [-0.3, -0.25) is 4.99 Å². The summed E-state index contributed by atoms with van der Waals surface area (Å²) in [6.45, 7) is 2.61. The molecule has 0 unspecified atom stereocenters. The average Bonchev–Trinajstić information content (AvgIpc) is 2.07. The predicted octanol–water partition coefficient (Wildman–Crippen LogP) is 0.202. The van der Waals surface area contributed by atoms with Crippen LogP contribution in [-0.2, 0) is 0 Å². The maximum atomic E-state index is 5.58. The zero-order chi connectivity index (χ0) is 8.10. The average molecular weight is 150 g/mol. The molecule has 2 N–H and O–H groups in total. The molecule has 1 rings (SSSR count). The van der Waals surface area contributed by atoms with Crippen LogP contribution in [0.3, 0.4) is 0 Å². The van der Waals surface area contributed by atoms with Crippen LogP contribution in [0.5, 0.6) is 0 Å². The summed E-state index contributed by atoms with van der Waals surface area (Å²) >= 11 is 0. The molecular weight excluding hydrogens is 140 g/mol. The van der Waals surface area contributed by atoms with E-state index in [2.05, 4.69) is 15.0 Å². The summed E-state index contributed by atoms with van der Waals surface area (Å²) in [5, 5.41) is 0. The third kappa shape index (κ3) is 2.00. The van der Waals surface area contributed by atoms with Gasteiger partial charge in [0.15, 0.2) is 0 Å². The molecule has 0 aliphatic carbocycles. The van der Waals surface area contributed by atoms with Crippen molar-refractivity contribution >= 4 is 5.84 Å². The first-order valence-corrected chi connectivity index (χ1v) is 3.40. The quantitative estimate of drug-likeness (QED) is 0.484. The number of nitrogens with two attached hydrogens (primary N) is 1. The van der Waals surface area contributed by atoms with Gasteiger partial charge in [-0.05, 0) is 6.92 Å². The minimum Gasteiger partial charge on any atom is -0.383 e. The predicted molar refractivity (Wildman–Crippen MR) is 43.3 cm³/mol. The Hall–Kier alpha value is -1.45. The molecule has 1 heterocycles. The third-order valence-corrected chi connectivity index (χ3v) is 1.18. The highest BCUT2D eigenvalue weighted by atomic mass is 14.9. The van der Waals surface area contributed by atoms with E-state index in [-0.39, 0.29) is 0 Å². The lowest BCUT2D eigenvalue weighted by Gasteiger charge is -1.96. The molecule has 0 aliphatic heterocycles. The van der Waals surface area contributed by atoms with Gasteiger partial charge < -0.3 is 5.73 Å². The van der Waals surface area contributed by atoms with Crippen molar-refractivity contribution in [1.29, 1.82) is 0 Å². The topological polar surface area (TPSA) is 64.2 Å². The molecule has 0 aromatic carbocycles. The van der Waals surface area contributed by atoms with Crippen LogP contribution in [0.15, 0.2) is 23.7 Å². The van der Waals surface area contributed by atoms with Gasteiger partial charge in [0.25, 0.3) is 0 Å². The highest BCUT2D eigenvalue weighted by Crippen LogP contribution is 1.91. The SMILES string of the molecule is CC/N=C(/N)c1cncnc1. The molecule has 1 aromatic rings. The first kappa shape index (κ1) is 7.65. The van der Waals surface area contributed by atoms with E-state index in [9.17, 15) is 0 Å². The van der Waals surface area contributed by atoms with Crippen molar-refractivity contribution in [3.8, 4) is 0 Å². The molecule has 11 heavy (non-hydrogen) atoms. The molecule has 0 fully saturated rings. The Kier molecular flexibility index (Phi) is 2.54. The molecule has 4 heteroatoms. The minimum atomic E-state index is 0.494. The first-order valence-electron chi connectivity index (χ1n) is 3.40. The Bertz CT molecular complexity index is 242. The summed E-state index contributed by atoms with van der Waals surface area (Å²) in [4.78, 5) is 11.6. The second-order valence-corrected chi connectivity index (χ2v) is 1.99. The monoisotopic (exact) mass is 150 g/mol. The lowest BCUT2D eigenvalue weighted by Crippen LogP contribution is -2.14. The van der Waals surface area contributed by atoms with Crippen LogP contribution in [0, 0.1) is 0 Å². The fourth-order valence-corrected chi connectivity index (χ4v) is 0.693. The second-order valence-electron chi connectivity index (χ2n) is 1.99. The fourth-order valence-electron chi connectivity index (χ4n) is 0.693. The molecule has 0 saturated carbocycles. The van der Waals surface area contributed by atoms with E-state index in [0.717, 1.165) is 5.56 Å². The van der Waals surface area contributed by atoms with Gasteiger partial charge >= 0.3 is 0 Å². The summed E-state index contributed by atoms with van der Waals surface area (Å²) in [7, 11) is 0. The molecule has 58 valence electrons. The van der Waals surface area contributed by atoms with E-state index in [1.165, 1.54) is 6.33 Å². The van der Waals surface area contributed by atoms with Gasteiger partial charge in [-0.25, -0.2) is 9.97 Å². The number of hydrogen-bond donors (Lipinski definition) is 1. The number of hydrogen-bond acceptors (Lipinski definition) is 3. The molecule has 0 bridgehead atoms. The Balaban J connectivity index is 2.85. The van der Waals surface area contributed by atoms with Crippen LogP contribution >= 0.6 is 0 Å². The van der Waals surface area contributed by atoms with E-state index < -0.39 is 0 Å². The molecule has 0 amide bonds. The van der Waals surface area contributed by atoms with Crippen molar-refractivity contribution in [3.05, 3.63) is 24.3 Å². The Labute approximate surface area is 65.2 Å². The highest BCUT2D eigenvalue weighted by molar-refractivity contribution is 5.96. The van der Waals surface area contributed by atoms with Gasteiger partial charge in [0, 0.05) is 18.9 Å². The standard InChI is InChI=1S/C7H10N4/c1-2-11-7(8)6-3-9-5-10-4-6/h3-5H,2H2,1H3,(H2,8,11). The van der Waals surface area contributed by atoms with Gasteiger partial charge in [0.2, 0.25) is 0 Å². The van der Waals surface area contributed by atoms with Crippen LogP contribution in [0.4, 0.5) is 0 Å². The van der Waals surface area contributed by atoms with E-state index in [1.807, 2.05) is 6.92 Å². The Morgan fingerprint density at radius 1 is 1.55 bits per heavy atom. The molecule has 0 aliphatic rings. The lowest BCUT2D eigenvalue weighted by molar-refractivity contribution is 1.11. The van der Waals surface area contributed by atoms with Crippen LogP contribution in [0.25, 0.3) is 0 Å². The summed E-state index contributed by atoms with van der Waals surface area (Å²) in [5.74, 6) is 0.494. The van der Waals surface area contributed by atoms with Crippen molar-refractivity contribution < 1.29 is 0 Å². The Morgan fingerprint density at radius 2 is 2.18 bits per heavy atom. The number of nitrogens with zero attached hydrogens (tertiary/aromatic N) is 3. The zero-order valence-electron chi connectivity index (χ0n) is 6.36. The number of aromatic nitrogens is 2. The largest absolute Gasteiger partial charge is 0.383 e. The number of rotatable bonds is 2. The molecule has 0 atom stereocenters. The molecule has 4 nitrogen and oxygen atoms in total. The third-order valence-electron chi connectivity index (χ3n) is 1.18. The molecule has 1 aromatic heterocycles. The van der Waals surface area contributed by atoms with Gasteiger partial charge in [-0.15, -0.1) is 0 Å². The van der Waals surface area contributed by atoms with Crippen LogP contribution < -0.4 is 5.73 Å². The van der Waals surface area contributed by atoms with Crippen LogP contribution in [0.1, 0.15) is 12.5 Å². The van der Waals surface area contributed by atoms with Gasteiger partial charge in [-0.2, -0.15) is 0 Å². The molecule has 0 radical (unpaired) electrons. The van der Waals surface area contributed by atoms with Crippen molar-refractivity contribution in [2.45, 2.75) is 6.92 Å². The number of aliphatic imine (C=N–C) groups is 1.